The predicted molar refractivity (Wildman–Crippen MR) is 99.5 cm³/mol. The van der Waals surface area contributed by atoms with Crippen LogP contribution in [0.25, 0.3) is 0 Å². The molecule has 0 N–H and O–H groups in total. The van der Waals surface area contributed by atoms with Crippen LogP contribution in [-0.4, -0.2) is 26.4 Å². The highest BCUT2D eigenvalue weighted by Crippen LogP contribution is 2.35. The van der Waals surface area contributed by atoms with Crippen LogP contribution in [0.2, 0.25) is 5.02 Å². The number of hydrogen-bond acceptors (Lipinski definition) is 3. The number of nitrogens with zero attached hydrogens (tertiary/aromatic N) is 1. The first-order chi connectivity index (χ1) is 12.0. The van der Waals surface area contributed by atoms with Gasteiger partial charge >= 0.3 is 0 Å². The quantitative estimate of drug-likeness (QED) is 0.776. The van der Waals surface area contributed by atoms with Crippen LogP contribution in [0.3, 0.4) is 0 Å². The standard InChI is InChI=1S/C19H22ClNO3S/c1-24-17-11-9-15(10-12-17)19-8-3-2-4-13-21(19)25(22,23)18-7-5-6-16(20)14-18/h5-7,9-12,14,19H,2-4,8,13H2,1H3/t19-/m0/s1. The SMILES string of the molecule is COc1ccc([C@@H]2CCCCCN2S(=O)(=O)c2cccc(Cl)c2)cc1. The molecule has 6 heteroatoms. The second kappa shape index (κ2) is 7.77. The Hall–Kier alpha value is -1.56. The number of hydrogen-bond donors (Lipinski definition) is 0. The number of ether oxygens (including phenoxy) is 1. The summed E-state index contributed by atoms with van der Waals surface area (Å²) < 4.78 is 33.3. The van der Waals surface area contributed by atoms with E-state index in [1.54, 1.807) is 29.6 Å². The summed E-state index contributed by atoms with van der Waals surface area (Å²) in [6.07, 6.45) is 3.73. The fraction of sp³-hybridized carbons (Fsp3) is 0.368. The summed E-state index contributed by atoms with van der Waals surface area (Å²) in [5, 5.41) is 0.428. The van der Waals surface area contributed by atoms with E-state index >= 15 is 0 Å². The summed E-state index contributed by atoms with van der Waals surface area (Å²) in [7, 11) is -1.98. The van der Waals surface area contributed by atoms with Gasteiger partial charge in [0.15, 0.2) is 0 Å². The molecule has 2 aromatic rings. The number of methoxy groups -OCH3 is 1. The van der Waals surface area contributed by atoms with E-state index in [1.165, 1.54) is 6.07 Å². The van der Waals surface area contributed by atoms with E-state index in [4.69, 9.17) is 16.3 Å². The monoisotopic (exact) mass is 379 g/mol. The molecule has 0 bridgehead atoms. The van der Waals surface area contributed by atoms with Gasteiger partial charge < -0.3 is 4.74 Å². The van der Waals surface area contributed by atoms with Gasteiger partial charge in [0.1, 0.15) is 5.75 Å². The van der Waals surface area contributed by atoms with Gasteiger partial charge in [-0.3, -0.25) is 0 Å². The lowest BCUT2D eigenvalue weighted by Crippen LogP contribution is -2.34. The Kier molecular flexibility index (Phi) is 5.67. The maximum absolute atomic E-state index is 13.2. The molecule has 0 aromatic heterocycles. The molecule has 25 heavy (non-hydrogen) atoms. The van der Waals surface area contributed by atoms with Crippen LogP contribution in [0, 0.1) is 0 Å². The minimum absolute atomic E-state index is 0.169. The molecule has 1 aliphatic rings. The molecule has 0 amide bonds. The van der Waals surface area contributed by atoms with Gasteiger partial charge in [-0.25, -0.2) is 8.42 Å². The first-order valence-electron chi connectivity index (χ1n) is 8.44. The van der Waals surface area contributed by atoms with Gasteiger partial charge in [-0.1, -0.05) is 42.6 Å². The fourth-order valence-electron chi connectivity index (χ4n) is 3.29. The third-order valence-corrected chi connectivity index (χ3v) is 6.75. The molecule has 3 rings (SSSR count). The van der Waals surface area contributed by atoms with Gasteiger partial charge in [-0.2, -0.15) is 4.31 Å². The highest BCUT2D eigenvalue weighted by Gasteiger charge is 2.33. The van der Waals surface area contributed by atoms with Gasteiger partial charge in [-0.15, -0.1) is 0 Å². The van der Waals surface area contributed by atoms with Crippen molar-refractivity contribution in [2.45, 2.75) is 36.6 Å². The lowest BCUT2D eigenvalue weighted by atomic mass is 10.0. The highest BCUT2D eigenvalue weighted by atomic mass is 35.5. The van der Waals surface area contributed by atoms with Crippen LogP contribution in [0.1, 0.15) is 37.3 Å². The van der Waals surface area contributed by atoms with Crippen LogP contribution >= 0.6 is 11.6 Å². The molecule has 1 atom stereocenters. The molecule has 1 fully saturated rings. The Labute approximate surface area is 154 Å². The molecule has 0 unspecified atom stereocenters. The van der Waals surface area contributed by atoms with Gasteiger partial charge in [0.2, 0.25) is 10.0 Å². The molecular formula is C19H22ClNO3S. The number of halogens is 1. The minimum Gasteiger partial charge on any atom is -0.497 e. The molecular weight excluding hydrogens is 358 g/mol. The van der Waals surface area contributed by atoms with E-state index in [0.29, 0.717) is 11.6 Å². The summed E-state index contributed by atoms with van der Waals surface area (Å²) in [6, 6.07) is 14.0. The second-order valence-electron chi connectivity index (χ2n) is 6.21. The number of rotatable bonds is 4. The zero-order valence-corrected chi connectivity index (χ0v) is 15.8. The molecule has 1 saturated heterocycles. The van der Waals surface area contributed by atoms with Crippen molar-refractivity contribution in [2.75, 3.05) is 13.7 Å². The third kappa shape index (κ3) is 4.00. The van der Waals surface area contributed by atoms with Gasteiger partial charge in [-0.05, 0) is 48.7 Å². The maximum atomic E-state index is 13.2. The Bertz CT molecular complexity index is 821. The highest BCUT2D eigenvalue weighted by molar-refractivity contribution is 7.89. The smallest absolute Gasteiger partial charge is 0.243 e. The van der Waals surface area contributed by atoms with Crippen molar-refractivity contribution in [2.24, 2.45) is 0 Å². The molecule has 0 saturated carbocycles. The van der Waals surface area contributed by atoms with E-state index in [1.807, 2.05) is 24.3 Å². The Morgan fingerprint density at radius 2 is 1.84 bits per heavy atom. The van der Waals surface area contributed by atoms with Crippen molar-refractivity contribution >= 4 is 21.6 Å². The first kappa shape index (κ1) is 18.2. The molecule has 1 heterocycles. The van der Waals surface area contributed by atoms with Crippen molar-refractivity contribution in [1.29, 1.82) is 0 Å². The predicted octanol–water partition coefficient (Wildman–Crippen LogP) is 4.65. The van der Waals surface area contributed by atoms with E-state index in [9.17, 15) is 8.42 Å². The largest absolute Gasteiger partial charge is 0.497 e. The zero-order valence-electron chi connectivity index (χ0n) is 14.2. The summed E-state index contributed by atoms with van der Waals surface area (Å²) in [5.41, 5.74) is 0.994. The number of benzene rings is 2. The molecule has 0 aliphatic carbocycles. The van der Waals surface area contributed by atoms with Gasteiger partial charge in [0.25, 0.3) is 0 Å². The molecule has 134 valence electrons. The molecule has 1 aliphatic heterocycles. The topological polar surface area (TPSA) is 46.6 Å². The van der Waals surface area contributed by atoms with Crippen molar-refractivity contribution < 1.29 is 13.2 Å². The Morgan fingerprint density at radius 3 is 2.52 bits per heavy atom. The third-order valence-electron chi connectivity index (χ3n) is 4.61. The van der Waals surface area contributed by atoms with Crippen LogP contribution < -0.4 is 4.74 Å². The Morgan fingerprint density at radius 1 is 1.08 bits per heavy atom. The van der Waals surface area contributed by atoms with Gasteiger partial charge in [0.05, 0.1) is 18.0 Å². The normalized spacial score (nSPS) is 19.4. The summed E-state index contributed by atoms with van der Waals surface area (Å²) in [6.45, 7) is 0.519. The van der Waals surface area contributed by atoms with Crippen molar-refractivity contribution in [1.82, 2.24) is 4.31 Å². The van der Waals surface area contributed by atoms with Crippen LogP contribution in [0.15, 0.2) is 53.4 Å². The van der Waals surface area contributed by atoms with Gasteiger partial charge in [0, 0.05) is 11.6 Å². The van der Waals surface area contributed by atoms with E-state index in [-0.39, 0.29) is 10.9 Å². The van der Waals surface area contributed by atoms with Crippen LogP contribution in [0.4, 0.5) is 0 Å². The maximum Gasteiger partial charge on any atom is 0.243 e. The van der Waals surface area contributed by atoms with E-state index < -0.39 is 10.0 Å². The first-order valence-corrected chi connectivity index (χ1v) is 10.3. The molecule has 0 radical (unpaired) electrons. The number of sulfonamides is 1. The van der Waals surface area contributed by atoms with Crippen molar-refractivity contribution in [3.8, 4) is 5.75 Å². The minimum atomic E-state index is -3.60. The van der Waals surface area contributed by atoms with Crippen molar-refractivity contribution in [3.05, 3.63) is 59.1 Å². The van der Waals surface area contributed by atoms with E-state index in [0.717, 1.165) is 37.0 Å². The second-order valence-corrected chi connectivity index (χ2v) is 8.54. The van der Waals surface area contributed by atoms with Crippen molar-refractivity contribution in [3.63, 3.8) is 0 Å². The van der Waals surface area contributed by atoms with Crippen LogP contribution in [0.5, 0.6) is 5.75 Å². The molecule has 0 spiro atoms. The Balaban J connectivity index is 2.00. The molecule has 2 aromatic carbocycles. The van der Waals surface area contributed by atoms with Crippen LogP contribution in [-0.2, 0) is 10.0 Å². The fourth-order valence-corrected chi connectivity index (χ4v) is 5.28. The summed E-state index contributed by atoms with van der Waals surface area (Å²) in [5.74, 6) is 0.765. The average Bonchev–Trinajstić information content (AvgIpc) is 2.88. The summed E-state index contributed by atoms with van der Waals surface area (Å²) in [4.78, 5) is 0.250. The average molecular weight is 380 g/mol. The lowest BCUT2D eigenvalue weighted by Gasteiger charge is -2.29. The summed E-state index contributed by atoms with van der Waals surface area (Å²) >= 11 is 6.01. The zero-order chi connectivity index (χ0) is 17.9. The van der Waals surface area contributed by atoms with E-state index in [2.05, 4.69) is 0 Å². The molecule has 4 nitrogen and oxygen atoms in total. The lowest BCUT2D eigenvalue weighted by molar-refractivity contribution is 0.328.